The highest BCUT2D eigenvalue weighted by atomic mass is 35.5. The van der Waals surface area contributed by atoms with Crippen LogP contribution in [0.15, 0.2) is 54.7 Å². The number of halogens is 1. The minimum atomic E-state index is -0.901. The Morgan fingerprint density at radius 2 is 1.77 bits per heavy atom. The zero-order chi connectivity index (χ0) is 20.3. The van der Waals surface area contributed by atoms with Gasteiger partial charge in [0.25, 0.3) is 0 Å². The zero-order valence-corrected chi connectivity index (χ0v) is 16.7. The lowest BCUT2D eigenvalue weighted by molar-refractivity contribution is -0.122. The molecule has 1 unspecified atom stereocenters. The molecule has 1 spiro atoms. The number of para-hydroxylation sites is 1. The number of hydrogen-bond donors (Lipinski definition) is 0. The number of anilines is 1. The number of nitrogens with zero attached hydrogens (tertiary/aromatic N) is 2. The standard InChI is InChI=1S/C23H17ClN2O4/c24-21-6-5-14(11-25-21)12-26-17-4-2-1-3-15(17)23(22(26)27)13-30-18-10-20-19(9-16(18)23)28-7-8-29-20/h1-6,9-11H,7-8,12-13H2. The number of fused-ring (bicyclic) bond motifs is 5. The number of hydrogen-bond acceptors (Lipinski definition) is 5. The molecule has 0 aliphatic carbocycles. The smallest absolute Gasteiger partial charge is 0.246 e. The van der Waals surface area contributed by atoms with Crippen molar-refractivity contribution < 1.29 is 19.0 Å². The van der Waals surface area contributed by atoms with E-state index < -0.39 is 5.41 Å². The van der Waals surface area contributed by atoms with Crippen molar-refractivity contribution in [2.24, 2.45) is 0 Å². The topological polar surface area (TPSA) is 60.9 Å². The van der Waals surface area contributed by atoms with Crippen LogP contribution in [0.3, 0.4) is 0 Å². The number of rotatable bonds is 2. The van der Waals surface area contributed by atoms with Crippen molar-refractivity contribution in [1.29, 1.82) is 0 Å². The molecule has 6 nitrogen and oxygen atoms in total. The molecule has 6 rings (SSSR count). The molecule has 0 saturated heterocycles. The number of carbonyl (C=O) groups excluding carboxylic acids is 1. The molecule has 0 bridgehead atoms. The normalized spacial score (nSPS) is 20.8. The summed E-state index contributed by atoms with van der Waals surface area (Å²) in [7, 11) is 0. The lowest BCUT2D eigenvalue weighted by atomic mass is 9.77. The Morgan fingerprint density at radius 3 is 2.57 bits per heavy atom. The van der Waals surface area contributed by atoms with E-state index >= 15 is 0 Å². The van der Waals surface area contributed by atoms with Crippen molar-refractivity contribution in [3.8, 4) is 17.2 Å². The van der Waals surface area contributed by atoms with Crippen molar-refractivity contribution in [3.63, 3.8) is 0 Å². The van der Waals surface area contributed by atoms with Gasteiger partial charge in [-0.05, 0) is 29.3 Å². The van der Waals surface area contributed by atoms with Gasteiger partial charge in [-0.15, -0.1) is 0 Å². The molecule has 3 aliphatic rings. The van der Waals surface area contributed by atoms with E-state index in [0.717, 1.165) is 22.4 Å². The molecular weight excluding hydrogens is 404 g/mol. The molecule has 150 valence electrons. The van der Waals surface area contributed by atoms with Gasteiger partial charge in [-0.1, -0.05) is 35.9 Å². The molecule has 1 amide bonds. The van der Waals surface area contributed by atoms with Crippen LogP contribution >= 0.6 is 11.6 Å². The summed E-state index contributed by atoms with van der Waals surface area (Å²) in [6.45, 7) is 1.64. The monoisotopic (exact) mass is 420 g/mol. The highest BCUT2D eigenvalue weighted by Crippen LogP contribution is 2.54. The van der Waals surface area contributed by atoms with E-state index in [1.54, 1.807) is 17.2 Å². The van der Waals surface area contributed by atoms with Crippen LogP contribution in [0, 0.1) is 0 Å². The second-order valence-corrected chi connectivity index (χ2v) is 7.97. The van der Waals surface area contributed by atoms with Crippen molar-refractivity contribution >= 4 is 23.2 Å². The van der Waals surface area contributed by atoms with E-state index in [1.807, 2.05) is 42.5 Å². The average Bonchev–Trinajstić information content (AvgIpc) is 3.26. The van der Waals surface area contributed by atoms with Crippen LogP contribution in [-0.2, 0) is 16.8 Å². The molecule has 30 heavy (non-hydrogen) atoms. The van der Waals surface area contributed by atoms with E-state index in [1.165, 1.54) is 0 Å². The van der Waals surface area contributed by atoms with Crippen molar-refractivity contribution in [2.75, 3.05) is 24.7 Å². The number of ether oxygens (including phenoxy) is 3. The Kier molecular flexibility index (Phi) is 3.74. The number of aromatic nitrogens is 1. The summed E-state index contributed by atoms with van der Waals surface area (Å²) < 4.78 is 17.5. The Balaban J connectivity index is 1.48. The lowest BCUT2D eigenvalue weighted by Gasteiger charge is -2.24. The van der Waals surface area contributed by atoms with Gasteiger partial charge < -0.3 is 19.1 Å². The van der Waals surface area contributed by atoms with Crippen LogP contribution in [-0.4, -0.2) is 30.7 Å². The molecular formula is C23H17ClN2O4. The Morgan fingerprint density at radius 1 is 0.967 bits per heavy atom. The Hall–Kier alpha value is -3.25. The first kappa shape index (κ1) is 17.6. The number of carbonyl (C=O) groups is 1. The summed E-state index contributed by atoms with van der Waals surface area (Å²) in [5.41, 5.74) is 2.64. The minimum Gasteiger partial charge on any atom is -0.491 e. The first-order chi connectivity index (χ1) is 14.7. The molecule has 4 heterocycles. The summed E-state index contributed by atoms with van der Waals surface area (Å²) in [5, 5.41) is 0.425. The van der Waals surface area contributed by atoms with E-state index in [9.17, 15) is 4.79 Å². The molecule has 2 aromatic carbocycles. The van der Waals surface area contributed by atoms with E-state index in [-0.39, 0.29) is 12.5 Å². The third kappa shape index (κ3) is 2.37. The maximum atomic E-state index is 13.9. The molecule has 0 N–H and O–H groups in total. The third-order valence-electron chi connectivity index (χ3n) is 5.94. The molecule has 3 aliphatic heterocycles. The van der Waals surface area contributed by atoms with E-state index in [0.29, 0.717) is 42.2 Å². The maximum Gasteiger partial charge on any atom is 0.246 e. The summed E-state index contributed by atoms with van der Waals surface area (Å²) >= 11 is 5.92. The van der Waals surface area contributed by atoms with Gasteiger partial charge in [-0.2, -0.15) is 0 Å². The van der Waals surface area contributed by atoms with Crippen LogP contribution in [0.5, 0.6) is 17.2 Å². The minimum absolute atomic E-state index is 0.0194. The van der Waals surface area contributed by atoms with Gasteiger partial charge in [-0.3, -0.25) is 4.79 Å². The number of amides is 1. The van der Waals surface area contributed by atoms with Crippen LogP contribution in [0.2, 0.25) is 5.15 Å². The molecule has 1 atom stereocenters. The van der Waals surface area contributed by atoms with Gasteiger partial charge in [0.2, 0.25) is 5.91 Å². The molecule has 0 fully saturated rings. The predicted octanol–water partition coefficient (Wildman–Crippen LogP) is 3.73. The van der Waals surface area contributed by atoms with Gasteiger partial charge >= 0.3 is 0 Å². The van der Waals surface area contributed by atoms with E-state index in [2.05, 4.69) is 4.98 Å². The molecule has 0 radical (unpaired) electrons. The van der Waals surface area contributed by atoms with Crippen molar-refractivity contribution in [3.05, 3.63) is 76.6 Å². The SMILES string of the molecule is O=C1N(Cc2ccc(Cl)nc2)c2ccccc2C12COc1cc3c(cc12)OCCO3. The highest BCUT2D eigenvalue weighted by Gasteiger charge is 2.57. The lowest BCUT2D eigenvalue weighted by Crippen LogP contribution is -2.42. The number of benzene rings is 2. The van der Waals surface area contributed by atoms with Crippen molar-refractivity contribution in [1.82, 2.24) is 4.98 Å². The molecule has 1 aromatic heterocycles. The maximum absolute atomic E-state index is 13.9. The zero-order valence-electron chi connectivity index (χ0n) is 15.9. The van der Waals surface area contributed by atoms with Gasteiger partial charge in [0, 0.05) is 23.5 Å². The van der Waals surface area contributed by atoms with Crippen LogP contribution in [0.1, 0.15) is 16.7 Å². The molecule has 0 saturated carbocycles. The fourth-order valence-electron chi connectivity index (χ4n) is 4.55. The first-order valence-electron chi connectivity index (χ1n) is 9.76. The van der Waals surface area contributed by atoms with Crippen molar-refractivity contribution in [2.45, 2.75) is 12.0 Å². The van der Waals surface area contributed by atoms with Gasteiger partial charge in [-0.25, -0.2) is 4.98 Å². The molecule has 7 heteroatoms. The highest BCUT2D eigenvalue weighted by molar-refractivity contribution is 6.29. The quantitative estimate of drug-likeness (QED) is 0.591. The second kappa shape index (κ2) is 6.37. The first-order valence-corrected chi connectivity index (χ1v) is 10.1. The third-order valence-corrected chi connectivity index (χ3v) is 6.17. The summed E-state index contributed by atoms with van der Waals surface area (Å²) in [5.74, 6) is 1.95. The fraction of sp³-hybridized carbons (Fsp3) is 0.217. The predicted molar refractivity (Wildman–Crippen MR) is 111 cm³/mol. The fourth-order valence-corrected chi connectivity index (χ4v) is 4.66. The summed E-state index contributed by atoms with van der Waals surface area (Å²) in [4.78, 5) is 19.9. The largest absolute Gasteiger partial charge is 0.491 e. The summed E-state index contributed by atoms with van der Waals surface area (Å²) in [6, 6.07) is 15.2. The Labute approximate surface area is 178 Å². The Bertz CT molecular complexity index is 1180. The second-order valence-electron chi connectivity index (χ2n) is 7.58. The van der Waals surface area contributed by atoms with E-state index in [4.69, 9.17) is 25.8 Å². The van der Waals surface area contributed by atoms with Gasteiger partial charge in [0.15, 0.2) is 11.5 Å². The van der Waals surface area contributed by atoms with Crippen LogP contribution in [0.25, 0.3) is 0 Å². The average molecular weight is 421 g/mol. The summed E-state index contributed by atoms with van der Waals surface area (Å²) in [6.07, 6.45) is 1.70. The van der Waals surface area contributed by atoms with Gasteiger partial charge in [0.1, 0.15) is 36.1 Å². The number of pyridine rings is 1. The molecule has 3 aromatic rings. The van der Waals surface area contributed by atoms with Crippen LogP contribution in [0.4, 0.5) is 5.69 Å². The van der Waals surface area contributed by atoms with Gasteiger partial charge in [0.05, 0.1) is 6.54 Å². The van der Waals surface area contributed by atoms with Crippen LogP contribution < -0.4 is 19.1 Å².